The molecule has 1 saturated heterocycles. The van der Waals surface area contributed by atoms with Gasteiger partial charge in [0.15, 0.2) is 6.10 Å². The zero-order valence-corrected chi connectivity index (χ0v) is 28.8. The van der Waals surface area contributed by atoms with Gasteiger partial charge in [-0.3, -0.25) is 24.0 Å². The molecule has 1 aliphatic heterocycles. The molecule has 11 nitrogen and oxygen atoms in total. The van der Waals surface area contributed by atoms with E-state index in [1.807, 2.05) is 13.8 Å². The van der Waals surface area contributed by atoms with Crippen LogP contribution in [-0.2, 0) is 35.1 Å². The number of unbranched alkanes of at least 4 members (excludes halogenated alkanes) is 1. The van der Waals surface area contributed by atoms with Gasteiger partial charge < -0.3 is 29.9 Å². The van der Waals surface area contributed by atoms with Crippen molar-refractivity contribution in [1.29, 1.82) is 0 Å². The molecule has 254 valence electrons. The summed E-state index contributed by atoms with van der Waals surface area (Å²) < 4.78 is 11.2. The van der Waals surface area contributed by atoms with Gasteiger partial charge in [-0.15, -0.1) is 12.3 Å². The quantitative estimate of drug-likeness (QED) is 0.241. The maximum atomic E-state index is 14.1. The number of ether oxygens (including phenoxy) is 2. The van der Waals surface area contributed by atoms with Crippen molar-refractivity contribution >= 4 is 29.6 Å². The van der Waals surface area contributed by atoms with E-state index in [0.717, 1.165) is 5.56 Å². The van der Waals surface area contributed by atoms with E-state index in [2.05, 4.69) is 16.6 Å². The van der Waals surface area contributed by atoms with Gasteiger partial charge in [0.25, 0.3) is 5.91 Å². The van der Waals surface area contributed by atoms with Crippen LogP contribution in [-0.4, -0.2) is 90.9 Å². The maximum absolute atomic E-state index is 14.1. The average Bonchev–Trinajstić information content (AvgIpc) is 3.05. The molecule has 0 bridgehead atoms. The van der Waals surface area contributed by atoms with Crippen molar-refractivity contribution in [2.75, 3.05) is 21.2 Å². The molecule has 46 heavy (non-hydrogen) atoms. The second-order valence-electron chi connectivity index (χ2n) is 12.6. The molecule has 11 heteroatoms. The fourth-order valence-electron chi connectivity index (χ4n) is 5.29. The summed E-state index contributed by atoms with van der Waals surface area (Å²) in [5, 5.41) is 5.79. The van der Waals surface area contributed by atoms with Gasteiger partial charge in [-0.25, -0.2) is 0 Å². The van der Waals surface area contributed by atoms with Crippen LogP contribution in [0.25, 0.3) is 0 Å². The van der Waals surface area contributed by atoms with Crippen molar-refractivity contribution in [3.8, 4) is 18.1 Å². The number of nitrogens with one attached hydrogen (secondary N) is 2. The third-order valence-corrected chi connectivity index (χ3v) is 9.03. The van der Waals surface area contributed by atoms with Crippen molar-refractivity contribution in [1.82, 2.24) is 20.4 Å². The van der Waals surface area contributed by atoms with Crippen LogP contribution >= 0.6 is 0 Å². The second kappa shape index (κ2) is 17.6. The highest BCUT2D eigenvalue weighted by Crippen LogP contribution is 2.23. The Morgan fingerprint density at radius 2 is 1.59 bits per heavy atom. The number of hydrogen-bond donors (Lipinski definition) is 2. The first-order valence-corrected chi connectivity index (χ1v) is 16.1. The molecule has 1 heterocycles. The van der Waals surface area contributed by atoms with Crippen LogP contribution in [0.2, 0.25) is 0 Å². The van der Waals surface area contributed by atoms with Gasteiger partial charge in [0.2, 0.25) is 17.7 Å². The first kappa shape index (κ1) is 38.1. The van der Waals surface area contributed by atoms with Crippen LogP contribution in [0.3, 0.4) is 0 Å². The van der Waals surface area contributed by atoms with E-state index in [1.54, 1.807) is 59.1 Å². The summed E-state index contributed by atoms with van der Waals surface area (Å²) in [5.41, 5.74) is 0.755. The highest BCUT2D eigenvalue weighted by atomic mass is 16.5. The normalized spacial score (nSPS) is 26.2. The molecule has 1 aromatic rings. The molecule has 1 fully saturated rings. The lowest BCUT2D eigenvalue weighted by molar-refractivity contribution is -0.168. The number of likely N-dealkylation sites (N-methyl/N-ethyl adjacent to an activating group) is 2. The molecular weight excluding hydrogens is 588 g/mol. The number of carbonyl (C=O) groups excluding carboxylic acids is 5. The molecule has 0 aliphatic carbocycles. The molecule has 2 rings (SSSR count). The third kappa shape index (κ3) is 9.71. The Labute approximate surface area is 274 Å². The van der Waals surface area contributed by atoms with Crippen LogP contribution < -0.4 is 15.4 Å². The minimum absolute atomic E-state index is 0.126. The van der Waals surface area contributed by atoms with E-state index in [-0.39, 0.29) is 18.3 Å². The Hall–Kier alpha value is -4.07. The summed E-state index contributed by atoms with van der Waals surface area (Å²) in [4.78, 5) is 71.6. The Balaban J connectivity index is 2.66. The number of amides is 4. The summed E-state index contributed by atoms with van der Waals surface area (Å²) in [7, 11) is 4.57. The summed E-state index contributed by atoms with van der Waals surface area (Å²) in [5.74, 6) is -0.978. The molecule has 7 atom stereocenters. The van der Waals surface area contributed by atoms with E-state index in [1.165, 1.54) is 23.9 Å². The van der Waals surface area contributed by atoms with Gasteiger partial charge in [-0.1, -0.05) is 39.8 Å². The monoisotopic (exact) mass is 640 g/mol. The molecule has 0 aromatic heterocycles. The van der Waals surface area contributed by atoms with Crippen LogP contribution in [0.5, 0.6) is 5.75 Å². The summed E-state index contributed by atoms with van der Waals surface area (Å²) in [6.45, 7) is 10.5. The predicted molar refractivity (Wildman–Crippen MR) is 175 cm³/mol. The smallest absolute Gasteiger partial charge is 0.311 e. The van der Waals surface area contributed by atoms with Crippen molar-refractivity contribution in [2.24, 2.45) is 17.8 Å². The van der Waals surface area contributed by atoms with Gasteiger partial charge >= 0.3 is 5.97 Å². The van der Waals surface area contributed by atoms with Crippen molar-refractivity contribution in [3.05, 3.63) is 29.8 Å². The molecular formula is C35H52N4O7. The summed E-state index contributed by atoms with van der Waals surface area (Å²) in [6, 6.07) is 3.54. The topological polar surface area (TPSA) is 134 Å². The Kier molecular flexibility index (Phi) is 14.6. The van der Waals surface area contributed by atoms with Crippen LogP contribution in [0.1, 0.15) is 72.8 Å². The number of nitrogens with zero attached hydrogens (tertiary/aromatic N) is 2. The van der Waals surface area contributed by atoms with Gasteiger partial charge in [-0.05, 0) is 56.7 Å². The van der Waals surface area contributed by atoms with Gasteiger partial charge in [0, 0.05) is 38.9 Å². The molecule has 0 saturated carbocycles. The molecule has 0 radical (unpaired) electrons. The van der Waals surface area contributed by atoms with Crippen LogP contribution in [0.4, 0.5) is 0 Å². The molecule has 4 amide bonds. The van der Waals surface area contributed by atoms with Crippen LogP contribution in [0.15, 0.2) is 24.3 Å². The van der Waals surface area contributed by atoms with E-state index < -0.39 is 65.8 Å². The number of cyclic esters (lactones) is 1. The summed E-state index contributed by atoms with van der Waals surface area (Å²) >= 11 is 0. The fourth-order valence-corrected chi connectivity index (χ4v) is 5.29. The zero-order valence-electron chi connectivity index (χ0n) is 28.8. The van der Waals surface area contributed by atoms with Crippen molar-refractivity contribution in [2.45, 2.75) is 104 Å². The first-order valence-electron chi connectivity index (χ1n) is 16.1. The van der Waals surface area contributed by atoms with E-state index >= 15 is 0 Å². The second-order valence-corrected chi connectivity index (χ2v) is 12.6. The number of rotatable bonds is 9. The number of hydrogen-bond acceptors (Lipinski definition) is 7. The average molecular weight is 641 g/mol. The van der Waals surface area contributed by atoms with Gasteiger partial charge in [0.05, 0.1) is 13.0 Å². The number of esters is 1. The lowest BCUT2D eigenvalue weighted by atomic mass is 9.94. The number of terminal acetylenes is 1. The largest absolute Gasteiger partial charge is 0.497 e. The fraction of sp³-hybridized carbons (Fsp3) is 0.629. The molecule has 0 unspecified atom stereocenters. The molecule has 1 aliphatic rings. The van der Waals surface area contributed by atoms with Gasteiger partial charge in [0.1, 0.15) is 23.9 Å². The molecule has 0 spiro atoms. The zero-order chi connectivity index (χ0) is 34.7. The summed E-state index contributed by atoms with van der Waals surface area (Å²) in [6.07, 6.45) is 6.32. The van der Waals surface area contributed by atoms with E-state index in [4.69, 9.17) is 15.9 Å². The molecule has 2 N–H and O–H groups in total. The number of carbonyl (C=O) groups is 5. The predicted octanol–water partition coefficient (Wildman–Crippen LogP) is 2.95. The van der Waals surface area contributed by atoms with E-state index in [9.17, 15) is 24.0 Å². The Bertz CT molecular complexity index is 1260. The molecule has 1 aromatic carbocycles. The van der Waals surface area contributed by atoms with Crippen molar-refractivity contribution < 1.29 is 33.4 Å². The Morgan fingerprint density at radius 3 is 2.13 bits per heavy atom. The number of methoxy groups -OCH3 is 1. The minimum Gasteiger partial charge on any atom is -0.497 e. The highest BCUT2D eigenvalue weighted by molar-refractivity contribution is 5.95. The first-order chi connectivity index (χ1) is 21.7. The van der Waals surface area contributed by atoms with Gasteiger partial charge in [-0.2, -0.15) is 0 Å². The van der Waals surface area contributed by atoms with Crippen molar-refractivity contribution in [3.63, 3.8) is 0 Å². The lowest BCUT2D eigenvalue weighted by Crippen LogP contribution is -2.60. The highest BCUT2D eigenvalue weighted by Gasteiger charge is 2.40. The minimum atomic E-state index is -1.18. The lowest BCUT2D eigenvalue weighted by Gasteiger charge is -2.36. The Morgan fingerprint density at radius 1 is 0.957 bits per heavy atom. The third-order valence-electron chi connectivity index (χ3n) is 9.03. The SMILES string of the molecule is C#CCCC[C@H]1NC(=O)[C@H](C)N(C)C(=O)[C@H](C(C)C)NC(=O)[C@H](Cc2ccc(OC)cc2)N(C)C(=O)[C@@H]([C@H](C)CC)OC(=O)[C@H]1C. The number of benzene rings is 1. The maximum Gasteiger partial charge on any atom is 0.311 e. The van der Waals surface area contributed by atoms with Crippen LogP contribution in [0, 0.1) is 30.1 Å². The van der Waals surface area contributed by atoms with E-state index in [0.29, 0.717) is 31.4 Å². The standard InChI is InChI=1S/C35H52N4O7/c1-11-13-14-15-27-23(6)35(44)46-30(22(5)12-2)34(43)39(9)28(20-25-16-18-26(45-10)19-17-25)32(41)37-29(21(3)4)33(42)38(8)24(7)31(40)36-27/h1,16-19,21-24,27-30H,12-15,20H2,2-10H3,(H,36,40)(H,37,41)/t22-,23+,24+,27-,28+,29+,30-/m1/s1.